The molecule has 2 N–H and O–H groups in total. The number of carbonyl (C=O) groups excluding carboxylic acids is 3. The van der Waals surface area contributed by atoms with Crippen molar-refractivity contribution in [3.8, 4) is 5.75 Å². The summed E-state index contributed by atoms with van der Waals surface area (Å²) < 4.78 is 5.26. The lowest BCUT2D eigenvalue weighted by atomic mass is 9.82. The highest BCUT2D eigenvalue weighted by Gasteiger charge is 2.44. The first-order valence-corrected chi connectivity index (χ1v) is 13.7. The van der Waals surface area contributed by atoms with E-state index in [4.69, 9.17) is 4.74 Å². The predicted molar refractivity (Wildman–Crippen MR) is 145 cm³/mol. The van der Waals surface area contributed by atoms with E-state index < -0.39 is 24.1 Å². The number of ether oxygens (including phenoxy) is 1. The lowest BCUT2D eigenvalue weighted by Gasteiger charge is -2.34. The summed E-state index contributed by atoms with van der Waals surface area (Å²) in [6.07, 6.45) is 4.11. The molecular formula is C30H37N3O6. The topological polar surface area (TPSA) is 116 Å². The summed E-state index contributed by atoms with van der Waals surface area (Å²) in [5.74, 6) is -1.57. The molecule has 0 radical (unpaired) electrons. The van der Waals surface area contributed by atoms with Gasteiger partial charge in [0.25, 0.3) is 11.8 Å². The van der Waals surface area contributed by atoms with E-state index in [1.165, 1.54) is 16.9 Å². The van der Waals surface area contributed by atoms with E-state index in [1.807, 2.05) is 30.3 Å². The van der Waals surface area contributed by atoms with Gasteiger partial charge in [0, 0.05) is 31.1 Å². The number of carboxylic acid groups (broad SMARTS) is 1. The number of amides is 3. The summed E-state index contributed by atoms with van der Waals surface area (Å²) in [6, 6.07) is 15.7. The molecule has 4 rings (SSSR count). The molecule has 2 unspecified atom stereocenters. The molecule has 2 atom stereocenters. The molecule has 39 heavy (non-hydrogen) atoms. The Balaban J connectivity index is 1.57. The number of rotatable bonds is 10. The van der Waals surface area contributed by atoms with Gasteiger partial charge in [-0.3, -0.25) is 19.2 Å². The molecule has 0 spiro atoms. The maximum Gasteiger partial charge on any atom is 0.305 e. The molecule has 2 aromatic carbocycles. The van der Waals surface area contributed by atoms with Crippen LogP contribution in [0.3, 0.4) is 0 Å². The van der Waals surface area contributed by atoms with Gasteiger partial charge in [0.15, 0.2) is 6.17 Å². The fraction of sp³-hybridized carbons (Fsp3) is 0.467. The number of benzene rings is 2. The first kappa shape index (κ1) is 28.1. The van der Waals surface area contributed by atoms with E-state index in [9.17, 15) is 24.3 Å². The van der Waals surface area contributed by atoms with Gasteiger partial charge < -0.3 is 25.0 Å². The third-order valence-electron chi connectivity index (χ3n) is 7.72. The van der Waals surface area contributed by atoms with E-state index in [0.717, 1.165) is 37.7 Å². The normalized spacial score (nSPS) is 18.4. The Bertz CT molecular complexity index is 1160. The van der Waals surface area contributed by atoms with Crippen LogP contribution >= 0.6 is 0 Å². The Hall–Kier alpha value is -3.88. The van der Waals surface area contributed by atoms with Crippen LogP contribution in [0.2, 0.25) is 0 Å². The molecule has 2 aliphatic rings. The molecule has 0 bridgehead atoms. The van der Waals surface area contributed by atoms with Gasteiger partial charge in [-0.15, -0.1) is 0 Å². The van der Waals surface area contributed by atoms with Crippen LogP contribution in [0, 0.1) is 5.92 Å². The second-order valence-electron chi connectivity index (χ2n) is 10.3. The maximum atomic E-state index is 13.8. The van der Waals surface area contributed by atoms with Gasteiger partial charge in [0.2, 0.25) is 5.91 Å². The molecule has 9 heteroatoms. The van der Waals surface area contributed by atoms with E-state index >= 15 is 0 Å². The molecule has 0 aromatic heterocycles. The van der Waals surface area contributed by atoms with Crippen molar-refractivity contribution < 1.29 is 29.0 Å². The number of methoxy groups -OCH3 is 1. The predicted octanol–water partition coefficient (Wildman–Crippen LogP) is 3.48. The molecule has 2 aromatic rings. The Morgan fingerprint density at radius 1 is 0.974 bits per heavy atom. The summed E-state index contributed by atoms with van der Waals surface area (Å²) in [7, 11) is 1.51. The Labute approximate surface area is 229 Å². The highest BCUT2D eigenvalue weighted by Crippen LogP contribution is 2.29. The van der Waals surface area contributed by atoms with Crippen LogP contribution in [0.15, 0.2) is 54.6 Å². The minimum Gasteiger partial charge on any atom is -0.497 e. The van der Waals surface area contributed by atoms with Crippen LogP contribution < -0.4 is 10.1 Å². The van der Waals surface area contributed by atoms with Crippen molar-refractivity contribution in [1.29, 1.82) is 0 Å². The van der Waals surface area contributed by atoms with Gasteiger partial charge in [-0.2, -0.15) is 0 Å². The van der Waals surface area contributed by atoms with Gasteiger partial charge in [-0.05, 0) is 48.9 Å². The van der Waals surface area contributed by atoms with Gasteiger partial charge in [-0.25, -0.2) is 0 Å². The zero-order valence-electron chi connectivity index (χ0n) is 22.4. The van der Waals surface area contributed by atoms with E-state index in [-0.39, 0.29) is 43.7 Å². The molecule has 1 saturated carbocycles. The molecular weight excluding hydrogens is 498 g/mol. The maximum absolute atomic E-state index is 13.8. The number of carboxylic acids is 1. The second kappa shape index (κ2) is 13.3. The standard InChI is InChI=1S/C30H37N3O6/c1-39-24-14-8-13-23(19-24)30(38)33-18-17-32(26(34)16-15-21-9-4-2-5-10-21)29(33)28(37)31-25(20-27(35)36)22-11-6-3-7-12-22/h2,4-5,8-10,13-14,19,22,25,29H,3,6-7,11-12,15-18,20H2,1H3,(H,31,37)(H,35,36). The van der Waals surface area contributed by atoms with E-state index in [1.54, 1.807) is 24.3 Å². The van der Waals surface area contributed by atoms with Crippen molar-refractivity contribution in [3.63, 3.8) is 0 Å². The largest absolute Gasteiger partial charge is 0.497 e. The molecule has 1 heterocycles. The number of aryl methyl sites for hydroxylation is 1. The van der Waals surface area contributed by atoms with Crippen molar-refractivity contribution >= 4 is 23.7 Å². The monoisotopic (exact) mass is 535 g/mol. The molecule has 9 nitrogen and oxygen atoms in total. The highest BCUT2D eigenvalue weighted by molar-refractivity contribution is 5.99. The van der Waals surface area contributed by atoms with Crippen molar-refractivity contribution in [2.45, 2.75) is 63.6 Å². The van der Waals surface area contributed by atoms with Crippen LogP contribution in [0.25, 0.3) is 0 Å². The summed E-state index contributed by atoms with van der Waals surface area (Å²) in [5.41, 5.74) is 1.36. The Morgan fingerprint density at radius 3 is 2.38 bits per heavy atom. The summed E-state index contributed by atoms with van der Waals surface area (Å²) in [4.78, 5) is 55.4. The van der Waals surface area contributed by atoms with Gasteiger partial charge in [0.05, 0.1) is 13.5 Å². The Kier molecular flexibility index (Phi) is 9.57. The number of hydrogen-bond acceptors (Lipinski definition) is 5. The average Bonchev–Trinajstić information content (AvgIpc) is 3.41. The minimum absolute atomic E-state index is 0.0463. The van der Waals surface area contributed by atoms with Crippen molar-refractivity contribution in [1.82, 2.24) is 15.1 Å². The first-order valence-electron chi connectivity index (χ1n) is 13.7. The third-order valence-corrected chi connectivity index (χ3v) is 7.72. The zero-order chi connectivity index (χ0) is 27.8. The molecule has 2 fully saturated rings. The van der Waals surface area contributed by atoms with Gasteiger partial charge in [-0.1, -0.05) is 55.7 Å². The molecule has 208 valence electrons. The van der Waals surface area contributed by atoms with Gasteiger partial charge >= 0.3 is 5.97 Å². The fourth-order valence-electron chi connectivity index (χ4n) is 5.66. The van der Waals surface area contributed by atoms with E-state index in [2.05, 4.69) is 5.32 Å². The molecule has 1 saturated heterocycles. The lowest BCUT2D eigenvalue weighted by Crippen LogP contribution is -2.57. The minimum atomic E-state index is -1.16. The highest BCUT2D eigenvalue weighted by atomic mass is 16.5. The average molecular weight is 536 g/mol. The molecule has 1 aliphatic carbocycles. The van der Waals surface area contributed by atoms with Crippen LogP contribution in [0.5, 0.6) is 5.75 Å². The zero-order valence-corrected chi connectivity index (χ0v) is 22.4. The van der Waals surface area contributed by atoms with Gasteiger partial charge in [0.1, 0.15) is 5.75 Å². The van der Waals surface area contributed by atoms with Crippen molar-refractivity contribution in [3.05, 3.63) is 65.7 Å². The first-order chi connectivity index (χ1) is 18.9. The SMILES string of the molecule is COc1cccc(C(=O)N2CCN(C(=O)CCc3ccccc3)C2C(=O)NC(CC(=O)O)C2CCCCC2)c1. The number of aliphatic carboxylic acids is 1. The number of carbonyl (C=O) groups is 4. The number of nitrogens with one attached hydrogen (secondary N) is 1. The fourth-order valence-corrected chi connectivity index (χ4v) is 5.66. The molecule has 1 aliphatic heterocycles. The van der Waals surface area contributed by atoms with Crippen LogP contribution in [-0.2, 0) is 20.8 Å². The summed E-state index contributed by atoms with van der Waals surface area (Å²) in [5, 5.41) is 12.5. The smallest absolute Gasteiger partial charge is 0.305 e. The summed E-state index contributed by atoms with van der Waals surface area (Å²) in [6.45, 7) is 0.409. The number of nitrogens with zero attached hydrogens (tertiary/aromatic N) is 2. The third kappa shape index (κ3) is 7.16. The number of hydrogen-bond donors (Lipinski definition) is 2. The lowest BCUT2D eigenvalue weighted by molar-refractivity contribution is -0.143. The quantitative estimate of drug-likeness (QED) is 0.481. The second-order valence-corrected chi connectivity index (χ2v) is 10.3. The van der Waals surface area contributed by atoms with Crippen LogP contribution in [0.4, 0.5) is 0 Å². The van der Waals surface area contributed by atoms with E-state index in [0.29, 0.717) is 17.7 Å². The van der Waals surface area contributed by atoms with Crippen molar-refractivity contribution in [2.75, 3.05) is 20.2 Å². The van der Waals surface area contributed by atoms with Crippen molar-refractivity contribution in [2.24, 2.45) is 5.92 Å². The van der Waals surface area contributed by atoms with Crippen LogP contribution in [0.1, 0.15) is 60.9 Å². The Morgan fingerprint density at radius 2 is 1.69 bits per heavy atom. The van der Waals surface area contributed by atoms with Crippen LogP contribution in [-0.4, -0.2) is 71.0 Å². The molecule has 3 amide bonds. The summed E-state index contributed by atoms with van der Waals surface area (Å²) >= 11 is 0.